The van der Waals surface area contributed by atoms with Crippen LogP contribution in [0.3, 0.4) is 0 Å². The molecule has 2 fully saturated rings. The zero-order valence-electron chi connectivity index (χ0n) is 15.0. The van der Waals surface area contributed by atoms with Gasteiger partial charge in [0.15, 0.2) is 0 Å². The summed E-state index contributed by atoms with van der Waals surface area (Å²) in [5.41, 5.74) is 0.996. The van der Waals surface area contributed by atoms with Crippen LogP contribution in [-0.2, 0) is 25.6 Å². The fourth-order valence-corrected chi connectivity index (χ4v) is 6.21. The first-order valence-corrected chi connectivity index (χ1v) is 10.7. The number of rotatable bonds is 5. The number of aliphatic hydroxyl groups excluding tert-OH is 1. The van der Waals surface area contributed by atoms with E-state index in [4.69, 9.17) is 14.2 Å². The number of carbonyl (C=O) groups is 1. The maximum absolute atomic E-state index is 12.7. The Balaban J connectivity index is 1.45. The Hall–Kier alpha value is -1.69. The molecular weight excluding hydrogens is 411 g/mol. The third-order valence-electron chi connectivity index (χ3n) is 5.14. The Bertz CT molecular complexity index is 784. The molecule has 2 aromatic rings. The van der Waals surface area contributed by atoms with Crippen LogP contribution in [-0.4, -0.2) is 51.1 Å². The Morgan fingerprint density at radius 1 is 1.15 bits per heavy atom. The van der Waals surface area contributed by atoms with Crippen LogP contribution in [0.1, 0.15) is 12.5 Å². The van der Waals surface area contributed by atoms with E-state index in [9.17, 15) is 9.90 Å². The number of fused-ring (bicyclic) bond motifs is 1. The fraction of sp³-hybridized carbons (Fsp3) is 0.381. The van der Waals surface area contributed by atoms with E-state index in [0.717, 1.165) is 10.0 Å². The van der Waals surface area contributed by atoms with E-state index in [0.29, 0.717) is 13.2 Å². The van der Waals surface area contributed by atoms with E-state index in [1.54, 1.807) is 0 Å². The van der Waals surface area contributed by atoms with E-state index in [2.05, 4.69) is 0 Å². The third kappa shape index (κ3) is 3.68. The summed E-state index contributed by atoms with van der Waals surface area (Å²) in [5, 5.41) is 10.7. The van der Waals surface area contributed by atoms with Crippen molar-refractivity contribution in [3.8, 4) is 0 Å². The molecule has 5 atom stereocenters. The van der Waals surface area contributed by atoms with Crippen molar-refractivity contribution in [2.24, 2.45) is 5.92 Å². The number of ether oxygens (including phenoxy) is 3. The normalized spacial score (nSPS) is 32.7. The molecular formula is C21H22O5Se. The standard InChI is InChI=1S/C21H22O5Se/c1-21(27-15-10-6-3-7-11-15)16-13-25-19(17(22)18(16)26-20(21)23)24-12-14-8-4-2-5-9-14/h2-11,16-19,22H,12-13H2,1H3/t16-,17+,18-,19+,21+/m1/s1. The predicted octanol–water partition coefficient (Wildman–Crippen LogP) is 1.67. The predicted molar refractivity (Wildman–Crippen MR) is 101 cm³/mol. The summed E-state index contributed by atoms with van der Waals surface area (Å²) in [5.74, 6) is -0.440. The molecule has 5 nitrogen and oxygen atoms in total. The van der Waals surface area contributed by atoms with Gasteiger partial charge in [-0.3, -0.25) is 0 Å². The number of carbonyl (C=O) groups excluding carboxylic acids is 1. The van der Waals surface area contributed by atoms with Gasteiger partial charge >= 0.3 is 165 Å². The number of benzene rings is 2. The molecule has 0 amide bonds. The maximum atomic E-state index is 12.7. The van der Waals surface area contributed by atoms with E-state index < -0.39 is 22.8 Å². The van der Waals surface area contributed by atoms with Gasteiger partial charge in [-0.15, -0.1) is 0 Å². The first-order chi connectivity index (χ1) is 13.1. The fourth-order valence-electron chi connectivity index (χ4n) is 3.55. The molecule has 2 heterocycles. The van der Waals surface area contributed by atoms with Crippen molar-refractivity contribution in [2.45, 2.75) is 36.3 Å². The molecule has 2 aliphatic rings. The molecule has 0 saturated carbocycles. The molecule has 0 spiro atoms. The van der Waals surface area contributed by atoms with E-state index >= 15 is 0 Å². The Morgan fingerprint density at radius 3 is 2.52 bits per heavy atom. The quantitative estimate of drug-likeness (QED) is 0.574. The van der Waals surface area contributed by atoms with Gasteiger partial charge in [-0.1, -0.05) is 0 Å². The second-order valence-electron chi connectivity index (χ2n) is 6.99. The molecule has 0 radical (unpaired) electrons. The molecule has 2 saturated heterocycles. The van der Waals surface area contributed by atoms with Crippen LogP contribution in [0.25, 0.3) is 0 Å². The van der Waals surface area contributed by atoms with Gasteiger partial charge in [-0.2, -0.15) is 0 Å². The zero-order valence-corrected chi connectivity index (χ0v) is 16.7. The zero-order chi connectivity index (χ0) is 18.9. The van der Waals surface area contributed by atoms with Gasteiger partial charge in [0.25, 0.3) is 0 Å². The van der Waals surface area contributed by atoms with Crippen LogP contribution < -0.4 is 4.46 Å². The van der Waals surface area contributed by atoms with Crippen molar-refractivity contribution in [1.82, 2.24) is 0 Å². The molecule has 2 aromatic carbocycles. The van der Waals surface area contributed by atoms with Crippen molar-refractivity contribution < 1.29 is 24.1 Å². The van der Waals surface area contributed by atoms with Gasteiger partial charge in [0, 0.05) is 0 Å². The average Bonchev–Trinajstić information content (AvgIpc) is 2.94. The number of esters is 1. The van der Waals surface area contributed by atoms with Gasteiger partial charge in [0.2, 0.25) is 0 Å². The van der Waals surface area contributed by atoms with Crippen LogP contribution in [0.2, 0.25) is 4.31 Å². The summed E-state index contributed by atoms with van der Waals surface area (Å²) in [7, 11) is 0. The van der Waals surface area contributed by atoms with Gasteiger partial charge < -0.3 is 0 Å². The first kappa shape index (κ1) is 18.7. The Labute approximate surface area is 164 Å². The Morgan fingerprint density at radius 2 is 1.81 bits per heavy atom. The van der Waals surface area contributed by atoms with Crippen LogP contribution >= 0.6 is 0 Å². The molecule has 2 aliphatic heterocycles. The van der Waals surface area contributed by atoms with Crippen molar-refractivity contribution in [3.05, 3.63) is 66.2 Å². The van der Waals surface area contributed by atoms with Crippen LogP contribution in [0.5, 0.6) is 0 Å². The molecule has 0 aromatic heterocycles. The molecule has 1 N–H and O–H groups in total. The molecule has 4 rings (SSSR count). The number of aliphatic hydroxyl groups is 1. The van der Waals surface area contributed by atoms with Gasteiger partial charge in [-0.25, -0.2) is 0 Å². The van der Waals surface area contributed by atoms with E-state index in [1.165, 1.54) is 0 Å². The van der Waals surface area contributed by atoms with Crippen molar-refractivity contribution >= 4 is 25.4 Å². The van der Waals surface area contributed by atoms with Gasteiger partial charge in [0.1, 0.15) is 0 Å². The average molecular weight is 433 g/mol. The van der Waals surface area contributed by atoms with E-state index in [-0.39, 0.29) is 26.8 Å². The van der Waals surface area contributed by atoms with Crippen molar-refractivity contribution in [1.29, 1.82) is 0 Å². The minimum atomic E-state index is -0.996. The van der Waals surface area contributed by atoms with Gasteiger partial charge in [0.05, 0.1) is 0 Å². The summed E-state index contributed by atoms with van der Waals surface area (Å²) in [6.07, 6.45) is -2.39. The summed E-state index contributed by atoms with van der Waals surface area (Å²) < 4.78 is 17.6. The van der Waals surface area contributed by atoms with Crippen LogP contribution in [0.15, 0.2) is 60.7 Å². The summed E-state index contributed by atoms with van der Waals surface area (Å²) in [4.78, 5) is 12.7. The van der Waals surface area contributed by atoms with Crippen molar-refractivity contribution in [3.63, 3.8) is 0 Å². The summed E-state index contributed by atoms with van der Waals surface area (Å²) in [6.45, 7) is 2.59. The van der Waals surface area contributed by atoms with Crippen LogP contribution in [0.4, 0.5) is 0 Å². The van der Waals surface area contributed by atoms with Crippen molar-refractivity contribution in [2.75, 3.05) is 6.61 Å². The van der Waals surface area contributed by atoms with Crippen LogP contribution in [0, 0.1) is 5.92 Å². The number of hydrogen-bond donors (Lipinski definition) is 1. The molecule has 0 aliphatic carbocycles. The summed E-state index contributed by atoms with van der Waals surface area (Å²) in [6, 6.07) is 19.7. The topological polar surface area (TPSA) is 65.0 Å². The molecule has 0 bridgehead atoms. The molecule has 27 heavy (non-hydrogen) atoms. The monoisotopic (exact) mass is 434 g/mol. The molecule has 0 unspecified atom stereocenters. The summed E-state index contributed by atoms with van der Waals surface area (Å²) >= 11 is -0.119. The second kappa shape index (κ2) is 7.74. The SMILES string of the molecule is C[C@@]1([Se]c2ccccc2)C(=O)O[C@H]2[C@H](O)[C@@H](OCc3ccccc3)OC[C@H]21. The molecule has 6 heteroatoms. The van der Waals surface area contributed by atoms with E-state index in [1.807, 2.05) is 67.6 Å². The number of hydrogen-bond acceptors (Lipinski definition) is 5. The minimum absolute atomic E-state index is 0.119. The third-order valence-corrected chi connectivity index (χ3v) is 8.08. The van der Waals surface area contributed by atoms with Gasteiger partial charge in [-0.05, 0) is 0 Å². The Kier molecular flexibility index (Phi) is 5.35. The first-order valence-electron chi connectivity index (χ1n) is 8.98. The second-order valence-corrected chi connectivity index (χ2v) is 10.2. The molecule has 142 valence electrons.